The Morgan fingerprint density at radius 3 is 2.68 bits per heavy atom. The lowest BCUT2D eigenvalue weighted by Crippen LogP contribution is -2.13. The van der Waals surface area contributed by atoms with E-state index >= 15 is 0 Å². The van der Waals surface area contributed by atoms with Gasteiger partial charge in [0.15, 0.2) is 0 Å². The lowest BCUT2D eigenvalue weighted by atomic mass is 10.0. The molecule has 0 aliphatic rings. The maximum atomic E-state index is 4.74. The summed E-state index contributed by atoms with van der Waals surface area (Å²) in [5.74, 6) is 1.46. The van der Waals surface area contributed by atoms with Gasteiger partial charge in [-0.1, -0.05) is 30.3 Å². The summed E-state index contributed by atoms with van der Waals surface area (Å²) in [5.41, 5.74) is 4.54. The van der Waals surface area contributed by atoms with Crippen LogP contribution in [0.3, 0.4) is 0 Å². The topological polar surface area (TPSA) is 46.3 Å². The molecule has 2 heterocycles. The van der Waals surface area contributed by atoms with Crippen LogP contribution in [-0.2, 0) is 0 Å². The molecular formula is C20H19N5. The van der Waals surface area contributed by atoms with Gasteiger partial charge in [-0.3, -0.25) is 4.40 Å². The standard InChI is InChI=1S/C20H19N5/c1-4-14(2)15-10-11-17-18(12-15)25-13-21-23-20(25)22-19(17)24(3)16-8-6-5-7-9-16/h4-13H,1-3H3. The number of hydrogen-bond acceptors (Lipinski definition) is 4. The van der Waals surface area contributed by atoms with Crippen LogP contribution in [0.15, 0.2) is 60.9 Å². The molecule has 0 N–H and O–H groups in total. The number of aromatic nitrogens is 4. The highest BCUT2D eigenvalue weighted by Crippen LogP contribution is 2.31. The molecule has 4 rings (SSSR count). The Hall–Kier alpha value is -3.21. The van der Waals surface area contributed by atoms with E-state index in [9.17, 15) is 0 Å². The fraction of sp³-hybridized carbons (Fsp3) is 0.150. The highest BCUT2D eigenvalue weighted by atomic mass is 15.3. The molecule has 5 heteroatoms. The molecule has 0 spiro atoms. The highest BCUT2D eigenvalue weighted by Gasteiger charge is 2.15. The molecule has 4 aromatic rings. The summed E-state index contributed by atoms with van der Waals surface area (Å²) >= 11 is 0. The quantitative estimate of drug-likeness (QED) is 0.556. The van der Waals surface area contributed by atoms with Crippen molar-refractivity contribution in [2.45, 2.75) is 13.8 Å². The van der Waals surface area contributed by atoms with Crippen molar-refractivity contribution in [1.82, 2.24) is 19.6 Å². The third-order valence-corrected chi connectivity index (χ3v) is 4.58. The molecule has 2 aromatic carbocycles. The zero-order chi connectivity index (χ0) is 17.4. The Labute approximate surface area is 146 Å². The molecule has 0 bridgehead atoms. The molecule has 0 fully saturated rings. The van der Waals surface area contributed by atoms with Crippen molar-refractivity contribution >= 4 is 33.8 Å². The maximum Gasteiger partial charge on any atom is 0.257 e. The van der Waals surface area contributed by atoms with Crippen LogP contribution in [0.25, 0.3) is 22.3 Å². The predicted molar refractivity (Wildman–Crippen MR) is 102 cm³/mol. The Morgan fingerprint density at radius 2 is 1.92 bits per heavy atom. The number of allylic oxidation sites excluding steroid dienone is 2. The Morgan fingerprint density at radius 1 is 1.12 bits per heavy atom. The lowest BCUT2D eigenvalue weighted by molar-refractivity contribution is 1.08. The highest BCUT2D eigenvalue weighted by molar-refractivity contribution is 5.95. The average molecular weight is 329 g/mol. The molecule has 0 saturated carbocycles. The predicted octanol–water partition coefficient (Wildman–Crippen LogP) is 4.47. The van der Waals surface area contributed by atoms with Gasteiger partial charge < -0.3 is 4.90 Å². The fourth-order valence-electron chi connectivity index (χ4n) is 2.99. The van der Waals surface area contributed by atoms with Crippen LogP contribution in [0.2, 0.25) is 0 Å². The normalized spacial score (nSPS) is 12.0. The Bertz CT molecular complexity index is 1080. The summed E-state index contributed by atoms with van der Waals surface area (Å²) in [6, 6.07) is 16.6. The summed E-state index contributed by atoms with van der Waals surface area (Å²) in [7, 11) is 2.02. The third kappa shape index (κ3) is 2.54. The van der Waals surface area contributed by atoms with Crippen molar-refractivity contribution in [3.63, 3.8) is 0 Å². The summed E-state index contributed by atoms with van der Waals surface area (Å²) < 4.78 is 1.93. The van der Waals surface area contributed by atoms with Crippen molar-refractivity contribution in [3.8, 4) is 0 Å². The van der Waals surface area contributed by atoms with Crippen molar-refractivity contribution in [2.24, 2.45) is 0 Å². The van der Waals surface area contributed by atoms with Gasteiger partial charge in [0.2, 0.25) is 0 Å². The minimum Gasteiger partial charge on any atom is -0.329 e. The van der Waals surface area contributed by atoms with Gasteiger partial charge in [0.25, 0.3) is 5.78 Å². The van der Waals surface area contributed by atoms with Crippen LogP contribution < -0.4 is 4.90 Å². The molecule has 0 amide bonds. The number of benzene rings is 2. The van der Waals surface area contributed by atoms with Crippen LogP contribution >= 0.6 is 0 Å². The van der Waals surface area contributed by atoms with Crippen LogP contribution in [-0.4, -0.2) is 26.6 Å². The first-order valence-electron chi connectivity index (χ1n) is 8.24. The van der Waals surface area contributed by atoms with Gasteiger partial charge in [-0.25, -0.2) is 0 Å². The molecule has 0 radical (unpaired) electrons. The van der Waals surface area contributed by atoms with E-state index in [-0.39, 0.29) is 0 Å². The fourth-order valence-corrected chi connectivity index (χ4v) is 2.99. The SMILES string of the molecule is CC=C(C)c1ccc2c(N(C)c3ccccc3)nc3nncn3c2c1. The van der Waals surface area contributed by atoms with Gasteiger partial charge in [0.05, 0.1) is 5.52 Å². The van der Waals surface area contributed by atoms with Crippen molar-refractivity contribution in [3.05, 3.63) is 66.5 Å². The van der Waals surface area contributed by atoms with E-state index in [1.807, 2.05) is 29.6 Å². The first kappa shape index (κ1) is 15.3. The van der Waals surface area contributed by atoms with E-state index in [4.69, 9.17) is 4.98 Å². The zero-order valence-electron chi connectivity index (χ0n) is 14.5. The number of nitrogens with zero attached hydrogens (tertiary/aromatic N) is 5. The van der Waals surface area contributed by atoms with Gasteiger partial charge in [0.1, 0.15) is 12.1 Å². The molecule has 0 unspecified atom stereocenters. The first-order valence-corrected chi connectivity index (χ1v) is 8.24. The van der Waals surface area contributed by atoms with E-state index in [1.54, 1.807) is 6.33 Å². The molecule has 124 valence electrons. The van der Waals surface area contributed by atoms with E-state index in [2.05, 4.69) is 65.4 Å². The van der Waals surface area contributed by atoms with E-state index < -0.39 is 0 Å². The number of rotatable bonds is 3. The summed E-state index contributed by atoms with van der Waals surface area (Å²) in [4.78, 5) is 6.82. The smallest absolute Gasteiger partial charge is 0.257 e. The van der Waals surface area contributed by atoms with Gasteiger partial charge in [-0.2, -0.15) is 4.98 Å². The molecule has 0 saturated heterocycles. The minimum atomic E-state index is 0.598. The number of fused-ring (bicyclic) bond motifs is 3. The second kappa shape index (κ2) is 6.02. The Balaban J connectivity index is 2.00. The lowest BCUT2D eigenvalue weighted by Gasteiger charge is -2.20. The third-order valence-electron chi connectivity index (χ3n) is 4.58. The Kier molecular flexibility index (Phi) is 3.69. The average Bonchev–Trinajstić information content (AvgIpc) is 3.15. The zero-order valence-corrected chi connectivity index (χ0v) is 14.5. The monoisotopic (exact) mass is 329 g/mol. The van der Waals surface area contributed by atoms with Crippen LogP contribution in [0.5, 0.6) is 0 Å². The number of hydrogen-bond donors (Lipinski definition) is 0. The van der Waals surface area contributed by atoms with Gasteiger partial charge in [-0.15, -0.1) is 10.2 Å². The van der Waals surface area contributed by atoms with E-state index in [0.29, 0.717) is 5.78 Å². The van der Waals surface area contributed by atoms with E-state index in [1.165, 1.54) is 11.1 Å². The maximum absolute atomic E-state index is 4.74. The van der Waals surface area contributed by atoms with Crippen LogP contribution in [0, 0.1) is 0 Å². The largest absolute Gasteiger partial charge is 0.329 e. The summed E-state index contributed by atoms with van der Waals surface area (Å²) in [6.45, 7) is 4.16. The molecule has 25 heavy (non-hydrogen) atoms. The summed E-state index contributed by atoms with van der Waals surface area (Å²) in [6.07, 6.45) is 3.83. The van der Waals surface area contributed by atoms with E-state index in [0.717, 1.165) is 22.4 Å². The van der Waals surface area contributed by atoms with Crippen molar-refractivity contribution in [2.75, 3.05) is 11.9 Å². The van der Waals surface area contributed by atoms with Crippen molar-refractivity contribution < 1.29 is 0 Å². The van der Waals surface area contributed by atoms with Gasteiger partial charge >= 0.3 is 0 Å². The molecular weight excluding hydrogens is 310 g/mol. The van der Waals surface area contributed by atoms with Crippen LogP contribution in [0.1, 0.15) is 19.4 Å². The number of anilines is 2. The molecule has 0 atom stereocenters. The van der Waals surface area contributed by atoms with Crippen LogP contribution in [0.4, 0.5) is 11.5 Å². The molecule has 0 aliphatic carbocycles. The molecule has 0 aliphatic heterocycles. The molecule has 2 aromatic heterocycles. The number of para-hydroxylation sites is 1. The second-order valence-electron chi connectivity index (χ2n) is 6.03. The first-order chi connectivity index (χ1) is 12.2. The minimum absolute atomic E-state index is 0.598. The van der Waals surface area contributed by atoms with Gasteiger partial charge in [0, 0.05) is 18.1 Å². The van der Waals surface area contributed by atoms with Crippen molar-refractivity contribution in [1.29, 1.82) is 0 Å². The summed E-state index contributed by atoms with van der Waals surface area (Å²) in [5, 5.41) is 9.26. The van der Waals surface area contributed by atoms with Gasteiger partial charge in [-0.05, 0) is 49.2 Å². The second-order valence-corrected chi connectivity index (χ2v) is 6.03. The molecule has 5 nitrogen and oxygen atoms in total.